The van der Waals surface area contributed by atoms with Gasteiger partial charge in [-0.1, -0.05) is 39.5 Å². The van der Waals surface area contributed by atoms with Crippen molar-refractivity contribution in [3.05, 3.63) is 0 Å². The van der Waals surface area contributed by atoms with E-state index in [0.717, 1.165) is 38.5 Å². The van der Waals surface area contributed by atoms with Gasteiger partial charge in [0, 0.05) is 0 Å². The monoisotopic (exact) mass is 398 g/mol. The summed E-state index contributed by atoms with van der Waals surface area (Å²) in [5.41, 5.74) is 0. The van der Waals surface area contributed by atoms with Gasteiger partial charge in [0.05, 0.1) is 25.7 Å². The fourth-order valence-corrected chi connectivity index (χ4v) is 2.77. The molecule has 1 atom stereocenters. The molecule has 0 saturated carbocycles. The van der Waals surface area contributed by atoms with Crippen LogP contribution in [-0.2, 0) is 29.1 Å². The standard InChI is InChI=1S/C17H34O8S/c1-4-6-8-10-24-17(3,25-11-9-7-5-2)14-23-16(19)12-15(18)13-26(20,21)22/h15,18H,4-14H2,1-3H3,(H,20,21,22). The number of rotatable bonds is 16. The van der Waals surface area contributed by atoms with Gasteiger partial charge in [-0.2, -0.15) is 8.42 Å². The third-order valence-corrected chi connectivity index (χ3v) is 4.42. The molecule has 8 nitrogen and oxygen atoms in total. The van der Waals surface area contributed by atoms with E-state index in [-0.39, 0.29) is 6.61 Å². The van der Waals surface area contributed by atoms with Crippen LogP contribution in [0.5, 0.6) is 0 Å². The van der Waals surface area contributed by atoms with Gasteiger partial charge in [0.1, 0.15) is 12.4 Å². The van der Waals surface area contributed by atoms with Crippen LogP contribution in [-0.4, -0.2) is 61.5 Å². The Morgan fingerprint density at radius 1 is 1.04 bits per heavy atom. The average Bonchev–Trinajstić information content (AvgIpc) is 2.52. The number of aliphatic hydroxyl groups is 1. The molecule has 1 unspecified atom stereocenters. The molecule has 0 fully saturated rings. The molecule has 0 spiro atoms. The molecule has 156 valence electrons. The maximum atomic E-state index is 11.8. The first kappa shape index (κ1) is 25.3. The highest BCUT2D eigenvalue weighted by Gasteiger charge is 2.29. The van der Waals surface area contributed by atoms with Crippen LogP contribution in [0, 0.1) is 0 Å². The van der Waals surface area contributed by atoms with E-state index in [1.807, 2.05) is 0 Å². The molecule has 0 aliphatic heterocycles. The third kappa shape index (κ3) is 14.4. The van der Waals surface area contributed by atoms with E-state index in [1.165, 1.54) is 0 Å². The number of carbonyl (C=O) groups excluding carboxylic acids is 1. The molecule has 0 radical (unpaired) electrons. The van der Waals surface area contributed by atoms with Crippen molar-refractivity contribution in [2.24, 2.45) is 0 Å². The number of aliphatic hydroxyl groups excluding tert-OH is 1. The van der Waals surface area contributed by atoms with Crippen LogP contribution < -0.4 is 0 Å². The minimum absolute atomic E-state index is 0.164. The third-order valence-electron chi connectivity index (χ3n) is 3.61. The lowest BCUT2D eigenvalue weighted by atomic mass is 10.2. The molecule has 0 bridgehead atoms. The molecule has 0 saturated heterocycles. The molecule has 0 rings (SSSR count). The minimum Gasteiger partial charge on any atom is -0.460 e. The van der Waals surface area contributed by atoms with E-state index in [0.29, 0.717) is 13.2 Å². The first-order valence-electron chi connectivity index (χ1n) is 9.18. The molecular weight excluding hydrogens is 364 g/mol. The zero-order valence-corrected chi connectivity index (χ0v) is 16.9. The number of hydrogen-bond acceptors (Lipinski definition) is 7. The van der Waals surface area contributed by atoms with Crippen LogP contribution in [0.2, 0.25) is 0 Å². The van der Waals surface area contributed by atoms with Crippen molar-refractivity contribution in [2.45, 2.75) is 77.6 Å². The van der Waals surface area contributed by atoms with Gasteiger partial charge in [-0.15, -0.1) is 0 Å². The highest BCUT2D eigenvalue weighted by molar-refractivity contribution is 7.85. The van der Waals surface area contributed by atoms with E-state index < -0.39 is 40.2 Å². The van der Waals surface area contributed by atoms with Gasteiger partial charge in [0.15, 0.2) is 5.79 Å². The van der Waals surface area contributed by atoms with Crippen LogP contribution in [0.3, 0.4) is 0 Å². The Hall–Kier alpha value is -0.740. The Bertz CT molecular complexity index is 465. The summed E-state index contributed by atoms with van der Waals surface area (Å²) in [6.45, 7) is 6.64. The summed E-state index contributed by atoms with van der Waals surface area (Å²) in [7, 11) is -4.35. The molecule has 0 aromatic carbocycles. The number of ether oxygens (including phenoxy) is 3. The average molecular weight is 399 g/mol. The Balaban J connectivity index is 4.46. The van der Waals surface area contributed by atoms with Crippen molar-refractivity contribution < 1.29 is 37.1 Å². The molecule has 9 heteroatoms. The molecule has 0 aromatic heterocycles. The Morgan fingerprint density at radius 3 is 1.96 bits per heavy atom. The predicted octanol–water partition coefficient (Wildman–Crippen LogP) is 2.30. The van der Waals surface area contributed by atoms with Gasteiger partial charge in [0.25, 0.3) is 10.1 Å². The normalized spacial score (nSPS) is 13.6. The van der Waals surface area contributed by atoms with E-state index in [9.17, 15) is 18.3 Å². The van der Waals surface area contributed by atoms with Gasteiger partial charge in [0.2, 0.25) is 0 Å². The Kier molecular flexibility index (Phi) is 13.0. The Morgan fingerprint density at radius 2 is 1.54 bits per heavy atom. The van der Waals surface area contributed by atoms with Crippen LogP contribution in [0.15, 0.2) is 0 Å². The zero-order valence-electron chi connectivity index (χ0n) is 16.1. The van der Waals surface area contributed by atoms with Gasteiger partial charge in [-0.05, 0) is 19.8 Å². The lowest BCUT2D eigenvalue weighted by molar-refractivity contribution is -0.249. The first-order valence-corrected chi connectivity index (χ1v) is 10.8. The van der Waals surface area contributed by atoms with Crippen molar-refractivity contribution in [1.82, 2.24) is 0 Å². The summed E-state index contributed by atoms with van der Waals surface area (Å²) in [5.74, 6) is -2.80. The fraction of sp³-hybridized carbons (Fsp3) is 0.941. The number of hydrogen-bond donors (Lipinski definition) is 2. The van der Waals surface area contributed by atoms with Crippen LogP contribution >= 0.6 is 0 Å². The molecule has 0 heterocycles. The zero-order chi connectivity index (χ0) is 20.1. The van der Waals surface area contributed by atoms with Crippen molar-refractivity contribution in [2.75, 3.05) is 25.6 Å². The smallest absolute Gasteiger partial charge is 0.308 e. The van der Waals surface area contributed by atoms with Crippen LogP contribution in [0.4, 0.5) is 0 Å². The van der Waals surface area contributed by atoms with Gasteiger partial charge in [-0.25, -0.2) is 0 Å². The summed E-state index contributed by atoms with van der Waals surface area (Å²) in [6, 6.07) is 0. The van der Waals surface area contributed by atoms with Crippen molar-refractivity contribution >= 4 is 16.1 Å². The predicted molar refractivity (Wildman–Crippen MR) is 97.4 cm³/mol. The lowest BCUT2D eigenvalue weighted by Gasteiger charge is -2.30. The molecule has 2 N–H and O–H groups in total. The van der Waals surface area contributed by atoms with Gasteiger partial charge in [-0.3, -0.25) is 9.35 Å². The summed E-state index contributed by atoms with van der Waals surface area (Å²) >= 11 is 0. The summed E-state index contributed by atoms with van der Waals surface area (Å²) in [5, 5.41) is 9.48. The number of carbonyl (C=O) groups is 1. The van der Waals surface area contributed by atoms with Gasteiger partial charge >= 0.3 is 5.97 Å². The maximum absolute atomic E-state index is 11.8. The summed E-state index contributed by atoms with van der Waals surface area (Å²) in [4.78, 5) is 11.8. The number of unbranched alkanes of at least 4 members (excludes halogenated alkanes) is 4. The van der Waals surface area contributed by atoms with Gasteiger partial charge < -0.3 is 19.3 Å². The molecule has 26 heavy (non-hydrogen) atoms. The second-order valence-corrected chi connectivity index (χ2v) is 8.01. The highest BCUT2D eigenvalue weighted by Crippen LogP contribution is 2.16. The van der Waals surface area contributed by atoms with Crippen molar-refractivity contribution in [3.63, 3.8) is 0 Å². The van der Waals surface area contributed by atoms with E-state index >= 15 is 0 Å². The van der Waals surface area contributed by atoms with Crippen molar-refractivity contribution in [3.8, 4) is 0 Å². The van der Waals surface area contributed by atoms with Crippen molar-refractivity contribution in [1.29, 1.82) is 0 Å². The molecule has 0 amide bonds. The lowest BCUT2D eigenvalue weighted by Crippen LogP contribution is -2.39. The largest absolute Gasteiger partial charge is 0.460 e. The molecular formula is C17H34O8S. The summed E-state index contributed by atoms with van der Waals surface area (Å²) in [6.07, 6.45) is 3.81. The second-order valence-electron chi connectivity index (χ2n) is 6.51. The first-order chi connectivity index (χ1) is 12.1. The SMILES string of the molecule is CCCCCOC(C)(COC(=O)CC(O)CS(=O)(=O)O)OCCCCC. The minimum atomic E-state index is -4.35. The Labute approximate surface area is 157 Å². The fourth-order valence-electron chi connectivity index (χ4n) is 2.17. The summed E-state index contributed by atoms with van der Waals surface area (Å²) < 4.78 is 46.6. The maximum Gasteiger partial charge on any atom is 0.308 e. The van der Waals surface area contributed by atoms with Crippen LogP contribution in [0.25, 0.3) is 0 Å². The van der Waals surface area contributed by atoms with E-state index in [4.69, 9.17) is 18.8 Å². The van der Waals surface area contributed by atoms with E-state index in [2.05, 4.69) is 13.8 Å². The number of esters is 1. The highest BCUT2D eigenvalue weighted by atomic mass is 32.2. The molecule has 0 aliphatic carbocycles. The quantitative estimate of drug-likeness (QED) is 0.176. The molecule has 0 aliphatic rings. The second kappa shape index (κ2) is 13.4. The topological polar surface area (TPSA) is 119 Å². The van der Waals surface area contributed by atoms with E-state index in [1.54, 1.807) is 6.92 Å². The van der Waals surface area contributed by atoms with Crippen LogP contribution in [0.1, 0.15) is 65.7 Å². The molecule has 0 aromatic rings.